The SMILES string of the molecule is NC(=O)c1cnc(N[C@@H]2CCOc3ccccc32)nc1N[C@@H]1CCC[C@H](O)C1. The molecule has 0 radical (unpaired) electrons. The molecule has 8 nitrogen and oxygen atoms in total. The number of hydrogen-bond acceptors (Lipinski definition) is 7. The molecule has 0 saturated heterocycles. The minimum Gasteiger partial charge on any atom is -0.493 e. The second kappa shape index (κ2) is 8.02. The van der Waals surface area contributed by atoms with Crippen LogP contribution in [-0.4, -0.2) is 39.7 Å². The molecule has 2 heterocycles. The van der Waals surface area contributed by atoms with Crippen LogP contribution >= 0.6 is 0 Å². The number of ether oxygens (including phenoxy) is 1. The van der Waals surface area contributed by atoms with Gasteiger partial charge in [-0.05, 0) is 31.7 Å². The number of primary amides is 1. The molecule has 1 aromatic carbocycles. The minimum absolute atomic E-state index is 0.0220. The number of hydrogen-bond donors (Lipinski definition) is 4. The number of para-hydroxylation sites is 1. The van der Waals surface area contributed by atoms with E-state index in [1.165, 1.54) is 6.20 Å². The molecule has 2 aromatic rings. The fourth-order valence-corrected chi connectivity index (χ4v) is 3.88. The topological polar surface area (TPSA) is 122 Å². The van der Waals surface area contributed by atoms with Crippen LogP contribution in [0, 0.1) is 0 Å². The number of carbonyl (C=O) groups excluding carboxylic acids is 1. The lowest BCUT2D eigenvalue weighted by Gasteiger charge is -2.28. The van der Waals surface area contributed by atoms with Gasteiger partial charge in [0, 0.05) is 24.2 Å². The number of aromatic nitrogens is 2. The Morgan fingerprint density at radius 2 is 2.07 bits per heavy atom. The Kier molecular flexibility index (Phi) is 5.29. The Bertz CT molecular complexity index is 859. The van der Waals surface area contributed by atoms with Crippen LogP contribution in [0.15, 0.2) is 30.5 Å². The van der Waals surface area contributed by atoms with Crippen molar-refractivity contribution in [1.82, 2.24) is 9.97 Å². The summed E-state index contributed by atoms with van der Waals surface area (Å²) in [6.07, 6.45) is 5.18. The molecule has 148 valence electrons. The van der Waals surface area contributed by atoms with Gasteiger partial charge in [0.1, 0.15) is 11.6 Å². The molecular weight excluding hydrogens is 358 g/mol. The summed E-state index contributed by atoms with van der Waals surface area (Å²) < 4.78 is 5.70. The first kappa shape index (κ1) is 18.5. The number of nitrogens with one attached hydrogen (secondary N) is 2. The molecule has 0 bridgehead atoms. The summed E-state index contributed by atoms with van der Waals surface area (Å²) in [4.78, 5) is 20.6. The zero-order chi connectivity index (χ0) is 19.5. The normalized spacial score (nSPS) is 24.0. The number of nitrogens with zero attached hydrogens (tertiary/aromatic N) is 2. The van der Waals surface area contributed by atoms with Crippen LogP contribution in [0.2, 0.25) is 0 Å². The van der Waals surface area contributed by atoms with Crippen LogP contribution in [-0.2, 0) is 0 Å². The Labute approximate surface area is 163 Å². The van der Waals surface area contributed by atoms with Gasteiger partial charge in [0.05, 0.1) is 24.3 Å². The third kappa shape index (κ3) is 4.01. The van der Waals surface area contributed by atoms with Crippen LogP contribution < -0.4 is 21.1 Å². The van der Waals surface area contributed by atoms with Crippen LogP contribution in [0.25, 0.3) is 0 Å². The number of fused-ring (bicyclic) bond motifs is 1. The molecule has 2 aliphatic rings. The third-order valence-electron chi connectivity index (χ3n) is 5.30. The average molecular weight is 383 g/mol. The molecule has 1 aromatic heterocycles. The number of aliphatic hydroxyl groups is 1. The monoisotopic (exact) mass is 383 g/mol. The number of amides is 1. The number of carbonyl (C=O) groups is 1. The van der Waals surface area contributed by atoms with Crippen molar-refractivity contribution in [2.24, 2.45) is 5.73 Å². The van der Waals surface area contributed by atoms with E-state index in [1.54, 1.807) is 0 Å². The minimum atomic E-state index is -0.582. The van der Waals surface area contributed by atoms with Crippen molar-refractivity contribution < 1.29 is 14.6 Å². The van der Waals surface area contributed by atoms with Crippen LogP contribution in [0.5, 0.6) is 5.75 Å². The van der Waals surface area contributed by atoms with Gasteiger partial charge in [-0.25, -0.2) is 4.98 Å². The predicted octanol–water partition coefficient (Wildman–Crippen LogP) is 2.23. The highest BCUT2D eigenvalue weighted by atomic mass is 16.5. The molecule has 4 rings (SSSR count). The van der Waals surface area contributed by atoms with E-state index in [1.807, 2.05) is 24.3 Å². The van der Waals surface area contributed by atoms with Crippen molar-refractivity contribution in [3.63, 3.8) is 0 Å². The maximum atomic E-state index is 11.8. The van der Waals surface area contributed by atoms with E-state index in [4.69, 9.17) is 10.5 Å². The van der Waals surface area contributed by atoms with Gasteiger partial charge in [-0.3, -0.25) is 4.79 Å². The van der Waals surface area contributed by atoms with Gasteiger partial charge >= 0.3 is 0 Å². The highest BCUT2D eigenvalue weighted by Gasteiger charge is 2.24. The zero-order valence-corrected chi connectivity index (χ0v) is 15.6. The second-order valence-corrected chi connectivity index (χ2v) is 7.35. The fraction of sp³-hybridized carbons (Fsp3) is 0.450. The van der Waals surface area contributed by atoms with Gasteiger partial charge < -0.3 is 26.2 Å². The highest BCUT2D eigenvalue weighted by Crippen LogP contribution is 2.33. The van der Waals surface area contributed by atoms with Gasteiger partial charge in [0.25, 0.3) is 5.91 Å². The zero-order valence-electron chi connectivity index (χ0n) is 15.6. The Morgan fingerprint density at radius 1 is 1.21 bits per heavy atom. The predicted molar refractivity (Wildman–Crippen MR) is 105 cm³/mol. The Morgan fingerprint density at radius 3 is 2.89 bits per heavy atom. The standard InChI is InChI=1S/C20H25N5O3/c21-18(27)15-11-22-20(25-19(15)23-12-4-3-5-13(26)10-12)24-16-8-9-28-17-7-2-1-6-14(16)17/h1-2,6-7,11-13,16,26H,3-5,8-10H2,(H2,21,27)(H2,22,23,24,25)/t12-,13+,16-/m1/s1. The van der Waals surface area contributed by atoms with Gasteiger partial charge in [-0.15, -0.1) is 0 Å². The summed E-state index contributed by atoms with van der Waals surface area (Å²) in [5.41, 5.74) is 6.80. The molecule has 1 aliphatic carbocycles. The molecule has 8 heteroatoms. The second-order valence-electron chi connectivity index (χ2n) is 7.35. The van der Waals surface area contributed by atoms with E-state index in [9.17, 15) is 9.90 Å². The van der Waals surface area contributed by atoms with Crippen molar-refractivity contribution in [2.45, 2.75) is 50.3 Å². The molecule has 1 amide bonds. The Hall–Kier alpha value is -2.87. The smallest absolute Gasteiger partial charge is 0.254 e. The summed E-state index contributed by atoms with van der Waals surface area (Å²) in [6, 6.07) is 7.96. The molecule has 0 unspecified atom stereocenters. The molecule has 0 spiro atoms. The van der Waals surface area contributed by atoms with Gasteiger partial charge in [0.2, 0.25) is 5.95 Å². The first-order valence-corrected chi connectivity index (χ1v) is 9.70. The molecular formula is C20H25N5O3. The van der Waals surface area contributed by atoms with E-state index in [0.717, 1.165) is 37.0 Å². The van der Waals surface area contributed by atoms with Crippen molar-refractivity contribution in [3.8, 4) is 5.75 Å². The third-order valence-corrected chi connectivity index (χ3v) is 5.30. The van der Waals surface area contributed by atoms with Gasteiger partial charge in [0.15, 0.2) is 0 Å². The van der Waals surface area contributed by atoms with Crippen molar-refractivity contribution in [2.75, 3.05) is 17.2 Å². The van der Waals surface area contributed by atoms with Crippen LogP contribution in [0.4, 0.5) is 11.8 Å². The fourth-order valence-electron chi connectivity index (χ4n) is 3.88. The molecule has 1 aliphatic heterocycles. The van der Waals surface area contributed by atoms with Crippen molar-refractivity contribution >= 4 is 17.7 Å². The molecule has 5 N–H and O–H groups in total. The number of benzene rings is 1. The lowest BCUT2D eigenvalue weighted by Crippen LogP contribution is -2.31. The summed E-state index contributed by atoms with van der Waals surface area (Å²) in [5.74, 6) is 1.10. The summed E-state index contributed by atoms with van der Waals surface area (Å²) in [7, 11) is 0. The van der Waals surface area contributed by atoms with Crippen molar-refractivity contribution in [1.29, 1.82) is 0 Å². The lowest BCUT2D eigenvalue weighted by molar-refractivity contribution is 0.100. The number of rotatable bonds is 5. The van der Waals surface area contributed by atoms with Crippen molar-refractivity contribution in [3.05, 3.63) is 41.6 Å². The maximum Gasteiger partial charge on any atom is 0.254 e. The average Bonchev–Trinajstić information content (AvgIpc) is 2.68. The molecule has 1 saturated carbocycles. The Balaban J connectivity index is 1.56. The highest BCUT2D eigenvalue weighted by molar-refractivity contribution is 5.97. The number of anilines is 2. The number of aliphatic hydroxyl groups excluding tert-OH is 1. The van der Waals surface area contributed by atoms with E-state index in [2.05, 4.69) is 20.6 Å². The van der Waals surface area contributed by atoms with Gasteiger partial charge in [-0.2, -0.15) is 4.98 Å². The summed E-state index contributed by atoms with van der Waals surface area (Å²) >= 11 is 0. The van der Waals surface area contributed by atoms with Crippen LogP contribution in [0.3, 0.4) is 0 Å². The molecule has 3 atom stereocenters. The van der Waals surface area contributed by atoms with E-state index >= 15 is 0 Å². The van der Waals surface area contributed by atoms with E-state index < -0.39 is 5.91 Å². The molecule has 28 heavy (non-hydrogen) atoms. The summed E-state index contributed by atoms with van der Waals surface area (Å²) in [5, 5.41) is 16.5. The maximum absolute atomic E-state index is 11.8. The first-order chi connectivity index (χ1) is 13.6. The quantitative estimate of drug-likeness (QED) is 0.624. The molecule has 1 fully saturated rings. The number of nitrogens with two attached hydrogens (primary N) is 1. The van der Waals surface area contributed by atoms with E-state index in [0.29, 0.717) is 24.8 Å². The summed E-state index contributed by atoms with van der Waals surface area (Å²) in [6.45, 7) is 0.610. The van der Waals surface area contributed by atoms with E-state index in [-0.39, 0.29) is 23.8 Å². The van der Waals surface area contributed by atoms with Gasteiger partial charge in [-0.1, -0.05) is 18.2 Å². The first-order valence-electron chi connectivity index (χ1n) is 9.70. The van der Waals surface area contributed by atoms with Crippen LogP contribution in [0.1, 0.15) is 54.1 Å². The lowest BCUT2D eigenvalue weighted by atomic mass is 9.93. The largest absolute Gasteiger partial charge is 0.493 e.